The van der Waals surface area contributed by atoms with Crippen LogP contribution in [0.15, 0.2) is 0 Å². The maximum Gasteiger partial charge on any atom is 0.239 e. The molecule has 2 heterocycles. The van der Waals surface area contributed by atoms with Crippen LogP contribution in [0.3, 0.4) is 0 Å². The van der Waals surface area contributed by atoms with Crippen molar-refractivity contribution >= 4 is 22.2 Å². The number of aryl methyl sites for hydroxylation is 1. The van der Waals surface area contributed by atoms with Crippen LogP contribution in [0.4, 0.5) is 5.00 Å². The molecule has 0 radical (unpaired) electrons. The van der Waals surface area contributed by atoms with E-state index >= 15 is 0 Å². The summed E-state index contributed by atoms with van der Waals surface area (Å²) in [5.74, 6) is 0.145. The molecule has 2 rings (SSSR count). The van der Waals surface area contributed by atoms with Crippen molar-refractivity contribution in [2.24, 2.45) is 5.92 Å². The summed E-state index contributed by atoms with van der Waals surface area (Å²) in [5, 5.41) is 22.4. The fourth-order valence-electron chi connectivity index (χ4n) is 2.85. The predicted octanol–water partition coefficient (Wildman–Crippen LogP) is 2.27. The number of hydrogen-bond acceptors (Lipinski definition) is 5. The van der Waals surface area contributed by atoms with Gasteiger partial charge in [0.05, 0.1) is 18.2 Å². The molecule has 1 aromatic rings. The average molecular weight is 321 g/mol. The number of nitrogens with one attached hydrogen (secondary N) is 1. The third-order valence-electron chi connectivity index (χ3n) is 4.34. The highest BCUT2D eigenvalue weighted by atomic mass is 32.1. The van der Waals surface area contributed by atoms with Gasteiger partial charge in [0.15, 0.2) is 0 Å². The molecule has 0 saturated carbocycles. The molecule has 5 nitrogen and oxygen atoms in total. The van der Waals surface area contributed by atoms with Crippen LogP contribution in [0.2, 0.25) is 0 Å². The summed E-state index contributed by atoms with van der Waals surface area (Å²) >= 11 is 1.45. The standard InChI is InChI=1S/C16H23N3O2S/c1-10-12(3)22-16(14(10)7-17)18-15(21)9-19-6-4-5-13(8-19)11(2)20/h11,13,20H,4-6,8-9H2,1-3H3,(H,18,21). The number of likely N-dealkylation sites (tertiary alicyclic amines) is 1. The number of anilines is 1. The van der Waals surface area contributed by atoms with E-state index in [1.165, 1.54) is 11.3 Å². The number of carbonyl (C=O) groups is 1. The van der Waals surface area contributed by atoms with Crippen LogP contribution < -0.4 is 5.32 Å². The molecule has 1 aromatic heterocycles. The lowest BCUT2D eigenvalue weighted by Crippen LogP contribution is -2.43. The Morgan fingerprint density at radius 1 is 1.59 bits per heavy atom. The van der Waals surface area contributed by atoms with Crippen LogP contribution in [-0.2, 0) is 4.79 Å². The van der Waals surface area contributed by atoms with Crippen LogP contribution in [0.1, 0.15) is 35.8 Å². The summed E-state index contributed by atoms with van der Waals surface area (Å²) < 4.78 is 0. The molecule has 0 bridgehead atoms. The highest BCUT2D eigenvalue weighted by Crippen LogP contribution is 2.31. The molecule has 0 aliphatic carbocycles. The summed E-state index contributed by atoms with van der Waals surface area (Å²) in [6.07, 6.45) is 1.68. The Morgan fingerprint density at radius 3 is 2.95 bits per heavy atom. The highest BCUT2D eigenvalue weighted by molar-refractivity contribution is 7.16. The van der Waals surface area contributed by atoms with Gasteiger partial charge in [-0.25, -0.2) is 0 Å². The molecule has 22 heavy (non-hydrogen) atoms. The van der Waals surface area contributed by atoms with Crippen molar-refractivity contribution in [3.63, 3.8) is 0 Å². The van der Waals surface area contributed by atoms with Gasteiger partial charge in [0.1, 0.15) is 11.1 Å². The fraction of sp³-hybridized carbons (Fsp3) is 0.625. The minimum absolute atomic E-state index is 0.0935. The molecule has 1 fully saturated rings. The van der Waals surface area contributed by atoms with Crippen molar-refractivity contribution in [1.29, 1.82) is 5.26 Å². The molecule has 1 amide bonds. The van der Waals surface area contributed by atoms with Crippen molar-refractivity contribution in [3.05, 3.63) is 16.0 Å². The monoisotopic (exact) mass is 321 g/mol. The van der Waals surface area contributed by atoms with E-state index in [1.807, 2.05) is 20.8 Å². The Balaban J connectivity index is 1.96. The number of aliphatic hydroxyl groups excluding tert-OH is 1. The van der Waals surface area contributed by atoms with Gasteiger partial charge in [-0.05, 0) is 51.6 Å². The Labute approximate surface area is 135 Å². The number of nitrogens with zero attached hydrogens (tertiary/aromatic N) is 2. The minimum Gasteiger partial charge on any atom is -0.393 e. The van der Waals surface area contributed by atoms with Crippen molar-refractivity contribution < 1.29 is 9.90 Å². The molecule has 2 unspecified atom stereocenters. The Kier molecular flexibility index (Phi) is 5.57. The van der Waals surface area contributed by atoms with E-state index in [2.05, 4.69) is 16.3 Å². The number of thiophene rings is 1. The molecule has 1 aliphatic rings. The van der Waals surface area contributed by atoms with Gasteiger partial charge in [-0.2, -0.15) is 5.26 Å². The van der Waals surface area contributed by atoms with E-state index in [9.17, 15) is 15.2 Å². The van der Waals surface area contributed by atoms with Crippen LogP contribution in [0.5, 0.6) is 0 Å². The van der Waals surface area contributed by atoms with E-state index in [0.29, 0.717) is 17.1 Å². The smallest absolute Gasteiger partial charge is 0.239 e. The molecule has 1 saturated heterocycles. The van der Waals surface area contributed by atoms with E-state index in [1.54, 1.807) is 0 Å². The lowest BCUT2D eigenvalue weighted by atomic mass is 9.93. The van der Waals surface area contributed by atoms with Crippen molar-refractivity contribution in [2.45, 2.75) is 39.7 Å². The van der Waals surface area contributed by atoms with Gasteiger partial charge in [0.2, 0.25) is 5.91 Å². The van der Waals surface area contributed by atoms with Gasteiger partial charge in [-0.15, -0.1) is 11.3 Å². The molecule has 6 heteroatoms. The van der Waals surface area contributed by atoms with Crippen molar-refractivity contribution in [2.75, 3.05) is 25.0 Å². The van der Waals surface area contributed by atoms with E-state index in [4.69, 9.17) is 0 Å². The number of aliphatic hydroxyl groups is 1. The largest absolute Gasteiger partial charge is 0.393 e. The lowest BCUT2D eigenvalue weighted by Gasteiger charge is -2.33. The quantitative estimate of drug-likeness (QED) is 0.892. The van der Waals surface area contributed by atoms with Crippen LogP contribution >= 0.6 is 11.3 Å². The Morgan fingerprint density at radius 2 is 2.32 bits per heavy atom. The molecule has 0 spiro atoms. The molecular weight excluding hydrogens is 298 g/mol. The second-order valence-corrected chi connectivity index (χ2v) is 7.25. The molecule has 120 valence electrons. The zero-order chi connectivity index (χ0) is 16.3. The molecule has 1 aliphatic heterocycles. The summed E-state index contributed by atoms with van der Waals surface area (Å²) in [4.78, 5) is 15.4. The van der Waals surface area contributed by atoms with Gasteiger partial charge < -0.3 is 10.4 Å². The lowest BCUT2D eigenvalue weighted by molar-refractivity contribution is -0.118. The predicted molar refractivity (Wildman–Crippen MR) is 88.0 cm³/mol. The van der Waals surface area contributed by atoms with Gasteiger partial charge in [-0.3, -0.25) is 9.69 Å². The minimum atomic E-state index is -0.335. The highest BCUT2D eigenvalue weighted by Gasteiger charge is 2.25. The van der Waals surface area contributed by atoms with Crippen molar-refractivity contribution in [3.8, 4) is 6.07 Å². The van der Waals surface area contributed by atoms with Crippen LogP contribution in [-0.4, -0.2) is 41.7 Å². The summed E-state index contributed by atoms with van der Waals surface area (Å²) in [6, 6.07) is 2.16. The SMILES string of the molecule is Cc1sc(NC(=O)CN2CCCC(C(C)O)C2)c(C#N)c1C. The average Bonchev–Trinajstić information content (AvgIpc) is 2.73. The molecule has 2 atom stereocenters. The Hall–Kier alpha value is -1.42. The maximum absolute atomic E-state index is 12.2. The molecule has 0 aromatic carbocycles. The van der Waals surface area contributed by atoms with Crippen LogP contribution in [0, 0.1) is 31.1 Å². The first-order valence-electron chi connectivity index (χ1n) is 7.62. The zero-order valence-corrected chi connectivity index (χ0v) is 14.2. The summed E-state index contributed by atoms with van der Waals surface area (Å²) in [7, 11) is 0. The Bertz CT molecular complexity index is 589. The number of amides is 1. The first-order chi connectivity index (χ1) is 10.4. The first kappa shape index (κ1) is 16.9. The number of nitriles is 1. The second-order valence-electron chi connectivity index (χ2n) is 6.03. The van der Waals surface area contributed by atoms with Gasteiger partial charge in [-0.1, -0.05) is 0 Å². The maximum atomic E-state index is 12.2. The number of hydrogen-bond donors (Lipinski definition) is 2. The molecular formula is C16H23N3O2S. The third kappa shape index (κ3) is 3.86. The first-order valence-corrected chi connectivity index (χ1v) is 8.44. The van der Waals surface area contributed by atoms with E-state index in [0.717, 1.165) is 36.4 Å². The number of carbonyl (C=O) groups excluding carboxylic acids is 1. The topological polar surface area (TPSA) is 76.4 Å². The van der Waals surface area contributed by atoms with E-state index < -0.39 is 0 Å². The van der Waals surface area contributed by atoms with Gasteiger partial charge in [0.25, 0.3) is 0 Å². The summed E-state index contributed by atoms with van der Waals surface area (Å²) in [5.41, 5.74) is 1.51. The zero-order valence-electron chi connectivity index (χ0n) is 13.3. The van der Waals surface area contributed by atoms with Crippen LogP contribution in [0.25, 0.3) is 0 Å². The van der Waals surface area contributed by atoms with E-state index in [-0.39, 0.29) is 17.9 Å². The fourth-order valence-corrected chi connectivity index (χ4v) is 3.87. The molecule has 2 N–H and O–H groups in total. The van der Waals surface area contributed by atoms with Gasteiger partial charge in [0, 0.05) is 11.4 Å². The number of piperidine rings is 1. The third-order valence-corrected chi connectivity index (χ3v) is 5.46. The normalized spacial score (nSPS) is 20.4. The van der Waals surface area contributed by atoms with Gasteiger partial charge >= 0.3 is 0 Å². The second kappa shape index (κ2) is 7.23. The summed E-state index contributed by atoms with van der Waals surface area (Å²) in [6.45, 7) is 7.60. The number of rotatable bonds is 4. The van der Waals surface area contributed by atoms with Crippen molar-refractivity contribution in [1.82, 2.24) is 4.90 Å².